The van der Waals surface area contributed by atoms with Gasteiger partial charge in [0.25, 0.3) is 0 Å². The lowest BCUT2D eigenvalue weighted by atomic mass is 10.2. The van der Waals surface area contributed by atoms with Crippen LogP contribution in [0.1, 0.15) is 10.4 Å². The first kappa shape index (κ1) is 13.0. The number of alkyl halides is 3. The Kier molecular flexibility index (Phi) is 2.75. The fourth-order valence-electron chi connectivity index (χ4n) is 1.92. The van der Waals surface area contributed by atoms with E-state index in [4.69, 9.17) is 10.2 Å². The first-order valence-corrected chi connectivity index (χ1v) is 6.50. The van der Waals surface area contributed by atoms with Crippen molar-refractivity contribution >= 4 is 27.4 Å². The highest BCUT2D eigenvalue weighted by Gasteiger charge is 2.31. The minimum atomic E-state index is -4.40. The molecule has 0 radical (unpaired) electrons. The Labute approximate surface area is 115 Å². The molecule has 2 heterocycles. The number of aryl methyl sites for hydroxylation is 1. The lowest BCUT2D eigenvalue weighted by Crippen LogP contribution is -2.03. The molecule has 0 amide bonds. The third kappa shape index (κ3) is 2.14. The number of oxazole rings is 1. The standard InChI is InChI=1S/C13H9F3N2OS/c1-6-4-8(11(17)20-6)12-18-9-5-7(13(14,15)16)2-3-10(9)19-12/h2-5H,17H2,1H3. The largest absolute Gasteiger partial charge is 0.436 e. The van der Waals surface area contributed by atoms with Gasteiger partial charge in [0.05, 0.1) is 16.1 Å². The van der Waals surface area contributed by atoms with Gasteiger partial charge in [0.1, 0.15) is 5.52 Å². The summed E-state index contributed by atoms with van der Waals surface area (Å²) in [5, 5.41) is 0.533. The van der Waals surface area contributed by atoms with E-state index in [1.54, 1.807) is 6.07 Å². The minimum absolute atomic E-state index is 0.165. The molecule has 0 aliphatic heterocycles. The van der Waals surface area contributed by atoms with Gasteiger partial charge in [0.2, 0.25) is 5.89 Å². The number of nitrogens with zero attached hydrogens (tertiary/aromatic N) is 1. The van der Waals surface area contributed by atoms with Gasteiger partial charge in [0, 0.05) is 4.88 Å². The summed E-state index contributed by atoms with van der Waals surface area (Å²) in [4.78, 5) is 5.07. The molecule has 0 fully saturated rings. The Morgan fingerprint density at radius 3 is 2.60 bits per heavy atom. The fourth-order valence-corrected chi connectivity index (χ4v) is 2.70. The van der Waals surface area contributed by atoms with Gasteiger partial charge in [-0.25, -0.2) is 4.98 Å². The number of rotatable bonds is 1. The molecule has 2 aromatic heterocycles. The highest BCUT2D eigenvalue weighted by molar-refractivity contribution is 7.16. The van der Waals surface area contributed by atoms with E-state index in [-0.39, 0.29) is 11.4 Å². The maximum Gasteiger partial charge on any atom is 0.416 e. The second kappa shape index (κ2) is 4.24. The summed E-state index contributed by atoms with van der Waals surface area (Å²) in [6, 6.07) is 5.01. The highest BCUT2D eigenvalue weighted by Crippen LogP contribution is 2.36. The number of hydrogen-bond donors (Lipinski definition) is 1. The molecular weight excluding hydrogens is 289 g/mol. The zero-order valence-corrected chi connectivity index (χ0v) is 11.1. The van der Waals surface area contributed by atoms with Gasteiger partial charge in [-0.05, 0) is 31.2 Å². The molecule has 0 spiro atoms. The van der Waals surface area contributed by atoms with Gasteiger partial charge in [-0.2, -0.15) is 13.2 Å². The zero-order valence-electron chi connectivity index (χ0n) is 10.3. The topological polar surface area (TPSA) is 52.0 Å². The quantitative estimate of drug-likeness (QED) is 0.721. The number of thiophene rings is 1. The molecule has 0 saturated heterocycles. The Morgan fingerprint density at radius 2 is 2.00 bits per heavy atom. The van der Waals surface area contributed by atoms with Gasteiger partial charge >= 0.3 is 6.18 Å². The van der Waals surface area contributed by atoms with Gasteiger partial charge < -0.3 is 10.2 Å². The predicted molar refractivity (Wildman–Crippen MR) is 71.5 cm³/mol. The Bertz CT molecular complexity index is 789. The number of aromatic nitrogens is 1. The van der Waals surface area contributed by atoms with E-state index in [1.165, 1.54) is 17.4 Å². The number of anilines is 1. The fraction of sp³-hybridized carbons (Fsp3) is 0.154. The Hall–Kier alpha value is -2.02. The van der Waals surface area contributed by atoms with Crippen molar-refractivity contribution in [3.63, 3.8) is 0 Å². The first-order chi connectivity index (χ1) is 9.34. The van der Waals surface area contributed by atoms with E-state index in [2.05, 4.69) is 4.98 Å². The number of nitrogens with two attached hydrogens (primary N) is 1. The van der Waals surface area contributed by atoms with Crippen LogP contribution in [0, 0.1) is 6.92 Å². The van der Waals surface area contributed by atoms with Gasteiger partial charge in [0.15, 0.2) is 5.58 Å². The molecule has 0 unspecified atom stereocenters. The van der Waals surface area contributed by atoms with Crippen LogP contribution in [-0.2, 0) is 6.18 Å². The van der Waals surface area contributed by atoms with E-state index >= 15 is 0 Å². The van der Waals surface area contributed by atoms with Crippen LogP contribution in [0.15, 0.2) is 28.7 Å². The van der Waals surface area contributed by atoms with Gasteiger partial charge in [-0.1, -0.05) is 0 Å². The molecular formula is C13H9F3N2OS. The summed E-state index contributed by atoms with van der Waals surface area (Å²) >= 11 is 1.38. The van der Waals surface area contributed by atoms with E-state index in [9.17, 15) is 13.2 Å². The van der Waals surface area contributed by atoms with Crippen molar-refractivity contribution in [1.82, 2.24) is 4.98 Å². The highest BCUT2D eigenvalue weighted by atomic mass is 32.1. The van der Waals surface area contributed by atoms with E-state index in [0.29, 0.717) is 16.1 Å². The predicted octanol–water partition coefficient (Wildman–Crippen LogP) is 4.47. The second-order valence-electron chi connectivity index (χ2n) is 4.33. The molecule has 1 aromatic carbocycles. The summed E-state index contributed by atoms with van der Waals surface area (Å²) in [5.74, 6) is 0.237. The maximum atomic E-state index is 12.6. The average molecular weight is 298 g/mol. The molecule has 0 atom stereocenters. The van der Waals surface area contributed by atoms with Crippen LogP contribution in [0.5, 0.6) is 0 Å². The van der Waals surface area contributed by atoms with Crippen LogP contribution in [0.4, 0.5) is 18.2 Å². The normalized spacial score (nSPS) is 12.2. The van der Waals surface area contributed by atoms with Crippen LogP contribution in [0.25, 0.3) is 22.6 Å². The number of benzene rings is 1. The molecule has 0 aliphatic carbocycles. The molecule has 20 heavy (non-hydrogen) atoms. The van der Waals surface area contributed by atoms with E-state index in [0.717, 1.165) is 17.0 Å². The van der Waals surface area contributed by atoms with E-state index < -0.39 is 11.7 Å². The molecule has 3 aromatic rings. The van der Waals surface area contributed by atoms with Crippen LogP contribution >= 0.6 is 11.3 Å². The molecule has 0 saturated carbocycles. The first-order valence-electron chi connectivity index (χ1n) is 5.68. The molecule has 0 bridgehead atoms. The molecule has 7 heteroatoms. The van der Waals surface area contributed by atoms with Crippen molar-refractivity contribution in [1.29, 1.82) is 0 Å². The van der Waals surface area contributed by atoms with Crippen LogP contribution in [-0.4, -0.2) is 4.98 Å². The van der Waals surface area contributed by atoms with Crippen molar-refractivity contribution in [2.75, 3.05) is 5.73 Å². The number of hydrogen-bond acceptors (Lipinski definition) is 4. The maximum absolute atomic E-state index is 12.6. The summed E-state index contributed by atoms with van der Waals surface area (Å²) < 4.78 is 43.4. The third-order valence-corrected chi connectivity index (χ3v) is 3.71. The van der Waals surface area contributed by atoms with Gasteiger partial charge in [-0.3, -0.25) is 0 Å². The molecule has 3 rings (SSSR count). The molecule has 3 nitrogen and oxygen atoms in total. The SMILES string of the molecule is Cc1cc(-c2nc3cc(C(F)(F)F)ccc3o2)c(N)s1. The molecule has 104 valence electrons. The summed E-state index contributed by atoms with van der Waals surface area (Å²) in [6.07, 6.45) is -4.40. The summed E-state index contributed by atoms with van der Waals surface area (Å²) in [6.45, 7) is 1.88. The third-order valence-electron chi connectivity index (χ3n) is 2.83. The Balaban J connectivity index is 2.14. The number of fused-ring (bicyclic) bond motifs is 1. The number of halogens is 3. The lowest BCUT2D eigenvalue weighted by molar-refractivity contribution is -0.137. The monoisotopic (exact) mass is 298 g/mol. The van der Waals surface area contributed by atoms with Crippen LogP contribution in [0.2, 0.25) is 0 Å². The summed E-state index contributed by atoms with van der Waals surface area (Å²) in [5.41, 5.74) is 6.16. The number of nitrogen functional groups attached to an aromatic ring is 1. The minimum Gasteiger partial charge on any atom is -0.436 e. The molecule has 0 aliphatic rings. The van der Waals surface area contributed by atoms with Gasteiger partial charge in [-0.15, -0.1) is 11.3 Å². The Morgan fingerprint density at radius 1 is 1.25 bits per heavy atom. The van der Waals surface area contributed by atoms with Crippen LogP contribution in [0.3, 0.4) is 0 Å². The summed E-state index contributed by atoms with van der Waals surface area (Å²) in [7, 11) is 0. The van der Waals surface area contributed by atoms with Crippen molar-refractivity contribution in [3.05, 3.63) is 34.7 Å². The smallest absolute Gasteiger partial charge is 0.416 e. The lowest BCUT2D eigenvalue weighted by Gasteiger charge is -2.04. The van der Waals surface area contributed by atoms with Crippen molar-refractivity contribution < 1.29 is 17.6 Å². The zero-order chi connectivity index (χ0) is 14.5. The van der Waals surface area contributed by atoms with Crippen molar-refractivity contribution in [2.24, 2.45) is 0 Å². The molecule has 2 N–H and O–H groups in total. The van der Waals surface area contributed by atoms with Crippen LogP contribution < -0.4 is 5.73 Å². The van der Waals surface area contributed by atoms with Crippen molar-refractivity contribution in [3.8, 4) is 11.5 Å². The second-order valence-corrected chi connectivity index (χ2v) is 5.62. The van der Waals surface area contributed by atoms with E-state index in [1.807, 2.05) is 6.92 Å². The van der Waals surface area contributed by atoms with Crippen molar-refractivity contribution in [2.45, 2.75) is 13.1 Å². The average Bonchev–Trinajstić information content (AvgIpc) is 2.89.